The molecule has 112 valence electrons. The Labute approximate surface area is 132 Å². The van der Waals surface area contributed by atoms with Crippen LogP contribution in [-0.4, -0.2) is 5.11 Å². The molecule has 2 aromatic rings. The maximum Gasteiger partial charge on any atom is 0.105 e. The molecule has 0 saturated carbocycles. The standard InChI is InChI=1S/C19H23ClO/c1-4-13-10-14(5-2)18(15(6-3)11-13)19(21)16-8-7-9-17(20)12-16/h7-12,19,21H,4-6H2,1-3H3. The number of aryl methyl sites for hydroxylation is 3. The molecule has 0 spiro atoms. The largest absolute Gasteiger partial charge is 0.384 e. The maximum atomic E-state index is 10.8. The van der Waals surface area contributed by atoms with E-state index in [1.807, 2.05) is 24.3 Å². The molecule has 2 rings (SSSR count). The van der Waals surface area contributed by atoms with Crippen LogP contribution >= 0.6 is 11.6 Å². The van der Waals surface area contributed by atoms with Gasteiger partial charge in [-0.25, -0.2) is 0 Å². The van der Waals surface area contributed by atoms with E-state index in [2.05, 4.69) is 32.9 Å². The summed E-state index contributed by atoms with van der Waals surface area (Å²) in [5.74, 6) is 0. The van der Waals surface area contributed by atoms with Gasteiger partial charge in [0.1, 0.15) is 6.10 Å². The molecule has 0 fully saturated rings. The highest BCUT2D eigenvalue weighted by atomic mass is 35.5. The molecule has 0 amide bonds. The molecule has 0 aliphatic rings. The van der Waals surface area contributed by atoms with Gasteiger partial charge in [-0.3, -0.25) is 0 Å². The number of hydrogen-bond acceptors (Lipinski definition) is 1. The Balaban J connectivity index is 2.55. The van der Waals surface area contributed by atoms with Gasteiger partial charge in [0.05, 0.1) is 0 Å². The van der Waals surface area contributed by atoms with Crippen molar-refractivity contribution < 1.29 is 5.11 Å². The minimum Gasteiger partial charge on any atom is -0.384 e. The third kappa shape index (κ3) is 3.48. The fourth-order valence-electron chi connectivity index (χ4n) is 2.83. The monoisotopic (exact) mass is 302 g/mol. The van der Waals surface area contributed by atoms with Crippen LogP contribution in [-0.2, 0) is 19.3 Å². The topological polar surface area (TPSA) is 20.2 Å². The first-order valence-electron chi connectivity index (χ1n) is 7.68. The molecule has 0 saturated heterocycles. The van der Waals surface area contributed by atoms with Crippen LogP contribution in [0.25, 0.3) is 0 Å². The van der Waals surface area contributed by atoms with Gasteiger partial charge in [-0.05, 0) is 59.2 Å². The first-order chi connectivity index (χ1) is 10.1. The second-order valence-electron chi connectivity index (χ2n) is 5.35. The Morgan fingerprint density at radius 1 is 0.952 bits per heavy atom. The summed E-state index contributed by atoms with van der Waals surface area (Å²) in [5, 5.41) is 11.5. The van der Waals surface area contributed by atoms with Crippen LogP contribution in [0.2, 0.25) is 5.02 Å². The minimum atomic E-state index is -0.612. The van der Waals surface area contributed by atoms with Crippen molar-refractivity contribution in [2.75, 3.05) is 0 Å². The van der Waals surface area contributed by atoms with Gasteiger partial charge in [-0.15, -0.1) is 0 Å². The van der Waals surface area contributed by atoms with Crippen molar-refractivity contribution in [3.63, 3.8) is 0 Å². The third-order valence-corrected chi connectivity index (χ3v) is 4.25. The van der Waals surface area contributed by atoms with Crippen molar-refractivity contribution in [2.24, 2.45) is 0 Å². The van der Waals surface area contributed by atoms with Crippen LogP contribution in [0.1, 0.15) is 54.7 Å². The van der Waals surface area contributed by atoms with Crippen LogP contribution in [0, 0.1) is 0 Å². The molecule has 1 N–H and O–H groups in total. The van der Waals surface area contributed by atoms with E-state index in [9.17, 15) is 5.11 Å². The molecule has 1 atom stereocenters. The molecule has 1 nitrogen and oxygen atoms in total. The molecular formula is C19H23ClO. The molecule has 0 aliphatic carbocycles. The highest BCUT2D eigenvalue weighted by molar-refractivity contribution is 6.30. The molecule has 0 heterocycles. The zero-order chi connectivity index (χ0) is 15.4. The summed E-state index contributed by atoms with van der Waals surface area (Å²) in [4.78, 5) is 0. The summed E-state index contributed by atoms with van der Waals surface area (Å²) in [6.07, 6.45) is 2.26. The Bertz CT molecular complexity index is 594. The fourth-order valence-corrected chi connectivity index (χ4v) is 3.03. The van der Waals surface area contributed by atoms with Crippen LogP contribution in [0.3, 0.4) is 0 Å². The van der Waals surface area contributed by atoms with Crippen molar-refractivity contribution in [2.45, 2.75) is 46.1 Å². The fraction of sp³-hybridized carbons (Fsp3) is 0.368. The Kier molecular flexibility index (Phi) is 5.44. The van der Waals surface area contributed by atoms with Gasteiger partial charge < -0.3 is 5.11 Å². The minimum absolute atomic E-state index is 0.612. The zero-order valence-corrected chi connectivity index (χ0v) is 13.7. The second kappa shape index (κ2) is 7.11. The molecule has 0 bridgehead atoms. The number of rotatable bonds is 5. The van der Waals surface area contributed by atoms with Crippen LogP contribution < -0.4 is 0 Å². The SMILES string of the molecule is CCc1cc(CC)c(C(O)c2cccc(Cl)c2)c(CC)c1. The number of aliphatic hydroxyl groups excluding tert-OH is 1. The van der Waals surface area contributed by atoms with Crippen molar-refractivity contribution in [1.29, 1.82) is 0 Å². The lowest BCUT2D eigenvalue weighted by atomic mass is 9.88. The highest BCUT2D eigenvalue weighted by Crippen LogP contribution is 2.31. The third-order valence-electron chi connectivity index (χ3n) is 4.02. The summed E-state index contributed by atoms with van der Waals surface area (Å²) >= 11 is 6.06. The van der Waals surface area contributed by atoms with Gasteiger partial charge >= 0.3 is 0 Å². The molecular weight excluding hydrogens is 280 g/mol. The number of aliphatic hydroxyl groups is 1. The van der Waals surface area contributed by atoms with Gasteiger partial charge in [-0.1, -0.05) is 56.6 Å². The van der Waals surface area contributed by atoms with Crippen LogP contribution in [0.4, 0.5) is 0 Å². The maximum absolute atomic E-state index is 10.8. The normalized spacial score (nSPS) is 12.4. The van der Waals surface area contributed by atoms with E-state index in [1.54, 1.807) is 0 Å². The van der Waals surface area contributed by atoms with E-state index >= 15 is 0 Å². The molecule has 2 aromatic carbocycles. The van der Waals surface area contributed by atoms with Crippen molar-refractivity contribution in [1.82, 2.24) is 0 Å². The van der Waals surface area contributed by atoms with Crippen LogP contribution in [0.5, 0.6) is 0 Å². The Morgan fingerprint density at radius 2 is 1.57 bits per heavy atom. The predicted octanol–water partition coefficient (Wildman–Crippen LogP) is 5.11. The molecule has 21 heavy (non-hydrogen) atoms. The number of benzene rings is 2. The average Bonchev–Trinajstić information content (AvgIpc) is 2.52. The van der Waals surface area contributed by atoms with Crippen molar-refractivity contribution in [3.05, 3.63) is 69.2 Å². The Morgan fingerprint density at radius 3 is 2.05 bits per heavy atom. The van der Waals surface area contributed by atoms with Gasteiger partial charge in [0, 0.05) is 5.02 Å². The van der Waals surface area contributed by atoms with E-state index in [-0.39, 0.29) is 0 Å². The molecule has 0 radical (unpaired) electrons. The van der Waals surface area contributed by atoms with E-state index in [4.69, 9.17) is 11.6 Å². The molecule has 1 unspecified atom stereocenters. The quantitative estimate of drug-likeness (QED) is 0.814. The van der Waals surface area contributed by atoms with Gasteiger partial charge in [0.15, 0.2) is 0 Å². The lowest BCUT2D eigenvalue weighted by molar-refractivity contribution is 0.218. The molecule has 2 heteroatoms. The molecule has 0 aromatic heterocycles. The van der Waals surface area contributed by atoms with Crippen molar-refractivity contribution >= 4 is 11.6 Å². The van der Waals surface area contributed by atoms with E-state index < -0.39 is 6.10 Å². The highest BCUT2D eigenvalue weighted by Gasteiger charge is 2.18. The molecule has 0 aliphatic heterocycles. The van der Waals surface area contributed by atoms with Gasteiger partial charge in [-0.2, -0.15) is 0 Å². The summed E-state index contributed by atoms with van der Waals surface area (Å²) in [6, 6.07) is 11.9. The van der Waals surface area contributed by atoms with E-state index in [0.717, 1.165) is 30.4 Å². The summed E-state index contributed by atoms with van der Waals surface area (Å²) in [7, 11) is 0. The van der Waals surface area contributed by atoms with Crippen LogP contribution in [0.15, 0.2) is 36.4 Å². The summed E-state index contributed by atoms with van der Waals surface area (Å²) in [5.41, 5.74) is 5.72. The second-order valence-corrected chi connectivity index (χ2v) is 5.78. The summed E-state index contributed by atoms with van der Waals surface area (Å²) < 4.78 is 0. The van der Waals surface area contributed by atoms with Crippen molar-refractivity contribution in [3.8, 4) is 0 Å². The lowest BCUT2D eigenvalue weighted by Gasteiger charge is -2.21. The Hall–Kier alpha value is -1.31. The van der Waals surface area contributed by atoms with E-state index in [0.29, 0.717) is 5.02 Å². The van der Waals surface area contributed by atoms with Gasteiger partial charge in [0.2, 0.25) is 0 Å². The smallest absolute Gasteiger partial charge is 0.105 e. The first kappa shape index (κ1) is 16.1. The number of halogens is 1. The predicted molar refractivity (Wildman–Crippen MR) is 90.1 cm³/mol. The summed E-state index contributed by atoms with van der Waals surface area (Å²) in [6.45, 7) is 6.45. The number of hydrogen-bond donors (Lipinski definition) is 1. The lowest BCUT2D eigenvalue weighted by Crippen LogP contribution is -2.08. The van der Waals surface area contributed by atoms with E-state index in [1.165, 1.54) is 16.7 Å². The zero-order valence-electron chi connectivity index (χ0n) is 13.0. The average molecular weight is 303 g/mol. The first-order valence-corrected chi connectivity index (χ1v) is 8.06. The van der Waals surface area contributed by atoms with Gasteiger partial charge in [0.25, 0.3) is 0 Å².